The number of aliphatic hydroxyl groups excluding tert-OH is 2. The molecule has 0 spiro atoms. The molecule has 0 saturated heterocycles. The van der Waals surface area contributed by atoms with Crippen molar-refractivity contribution in [3.8, 4) is 0 Å². The van der Waals surface area contributed by atoms with E-state index in [4.69, 9.17) is 5.73 Å². The highest BCUT2D eigenvalue weighted by Gasteiger charge is 2.17. The predicted molar refractivity (Wildman–Crippen MR) is 65.1 cm³/mol. The van der Waals surface area contributed by atoms with Gasteiger partial charge in [-0.1, -0.05) is 12.1 Å². The first-order chi connectivity index (χ1) is 8.00. The standard InChI is InChI=1S/C12H18N2O3/c1-8(15)14-7-6-11(16)12(17)9-2-4-10(13)5-3-9/h2-5,11-12,16-17H,6-7,13H2,1H3,(H,14,15). The van der Waals surface area contributed by atoms with Gasteiger partial charge in [0, 0.05) is 19.2 Å². The zero-order valence-corrected chi connectivity index (χ0v) is 9.76. The molecule has 94 valence electrons. The second kappa shape index (κ2) is 6.22. The number of amides is 1. The molecule has 0 radical (unpaired) electrons. The molecule has 0 aliphatic heterocycles. The highest BCUT2D eigenvalue weighted by atomic mass is 16.3. The van der Waals surface area contributed by atoms with Crippen LogP contribution >= 0.6 is 0 Å². The van der Waals surface area contributed by atoms with Crippen molar-refractivity contribution in [3.05, 3.63) is 29.8 Å². The number of rotatable bonds is 5. The Balaban J connectivity index is 2.48. The lowest BCUT2D eigenvalue weighted by Gasteiger charge is -2.18. The van der Waals surface area contributed by atoms with E-state index < -0.39 is 12.2 Å². The van der Waals surface area contributed by atoms with E-state index in [0.717, 1.165) is 0 Å². The number of carbonyl (C=O) groups is 1. The largest absolute Gasteiger partial charge is 0.399 e. The van der Waals surface area contributed by atoms with Gasteiger partial charge < -0.3 is 21.3 Å². The van der Waals surface area contributed by atoms with Crippen molar-refractivity contribution in [2.75, 3.05) is 12.3 Å². The molecule has 1 amide bonds. The number of anilines is 1. The second-order valence-corrected chi connectivity index (χ2v) is 3.95. The lowest BCUT2D eigenvalue weighted by Crippen LogP contribution is -2.27. The highest BCUT2D eigenvalue weighted by Crippen LogP contribution is 2.19. The van der Waals surface area contributed by atoms with Crippen LogP contribution in [0.5, 0.6) is 0 Å². The Kier molecular flexibility index (Phi) is 4.93. The first-order valence-electron chi connectivity index (χ1n) is 5.46. The zero-order chi connectivity index (χ0) is 12.8. The molecule has 1 aromatic rings. The van der Waals surface area contributed by atoms with E-state index in [2.05, 4.69) is 5.32 Å². The molecule has 1 aromatic carbocycles. The lowest BCUT2D eigenvalue weighted by molar-refractivity contribution is -0.119. The molecule has 5 heteroatoms. The summed E-state index contributed by atoms with van der Waals surface area (Å²) in [6, 6.07) is 6.67. The van der Waals surface area contributed by atoms with E-state index >= 15 is 0 Å². The van der Waals surface area contributed by atoms with E-state index in [0.29, 0.717) is 24.2 Å². The molecule has 5 nitrogen and oxygen atoms in total. The smallest absolute Gasteiger partial charge is 0.216 e. The first kappa shape index (κ1) is 13.5. The number of carbonyl (C=O) groups excluding carboxylic acids is 1. The minimum absolute atomic E-state index is 0.154. The Morgan fingerprint density at radius 3 is 2.47 bits per heavy atom. The maximum Gasteiger partial charge on any atom is 0.216 e. The molecular formula is C12H18N2O3. The quantitative estimate of drug-likeness (QED) is 0.551. The number of nitrogen functional groups attached to an aromatic ring is 1. The van der Waals surface area contributed by atoms with Gasteiger partial charge in [0.15, 0.2) is 0 Å². The third kappa shape index (κ3) is 4.42. The van der Waals surface area contributed by atoms with Crippen molar-refractivity contribution < 1.29 is 15.0 Å². The molecule has 0 aliphatic carbocycles. The summed E-state index contributed by atoms with van der Waals surface area (Å²) in [7, 11) is 0. The van der Waals surface area contributed by atoms with Gasteiger partial charge in [0.1, 0.15) is 6.10 Å². The van der Waals surface area contributed by atoms with Crippen molar-refractivity contribution in [3.63, 3.8) is 0 Å². The number of nitrogens with one attached hydrogen (secondary N) is 1. The molecular weight excluding hydrogens is 220 g/mol. The summed E-state index contributed by atoms with van der Waals surface area (Å²) < 4.78 is 0. The van der Waals surface area contributed by atoms with Crippen molar-refractivity contribution in [2.45, 2.75) is 25.6 Å². The maximum absolute atomic E-state index is 10.6. The fourth-order valence-electron chi connectivity index (χ4n) is 1.47. The number of aliphatic hydroxyl groups is 2. The fraction of sp³-hybridized carbons (Fsp3) is 0.417. The topological polar surface area (TPSA) is 95.6 Å². The minimum Gasteiger partial charge on any atom is -0.399 e. The summed E-state index contributed by atoms with van der Waals surface area (Å²) in [6.07, 6.45) is -1.58. The van der Waals surface area contributed by atoms with Gasteiger partial charge >= 0.3 is 0 Å². The summed E-state index contributed by atoms with van der Waals surface area (Å²) in [5, 5.41) is 22.1. The Morgan fingerprint density at radius 2 is 1.94 bits per heavy atom. The number of nitrogens with two attached hydrogens (primary N) is 1. The lowest BCUT2D eigenvalue weighted by atomic mass is 10.0. The molecule has 2 atom stereocenters. The minimum atomic E-state index is -0.968. The van der Waals surface area contributed by atoms with Crippen LogP contribution in [0.3, 0.4) is 0 Å². The molecule has 17 heavy (non-hydrogen) atoms. The van der Waals surface area contributed by atoms with Crippen molar-refractivity contribution >= 4 is 11.6 Å². The van der Waals surface area contributed by atoms with Crippen LogP contribution in [0.2, 0.25) is 0 Å². The number of hydrogen-bond donors (Lipinski definition) is 4. The second-order valence-electron chi connectivity index (χ2n) is 3.95. The van der Waals surface area contributed by atoms with Gasteiger partial charge in [-0.25, -0.2) is 0 Å². The molecule has 0 aromatic heterocycles. The Bertz CT molecular complexity index is 365. The van der Waals surface area contributed by atoms with Crippen LogP contribution in [0, 0.1) is 0 Å². The number of benzene rings is 1. The average Bonchev–Trinajstić information content (AvgIpc) is 2.28. The first-order valence-corrected chi connectivity index (χ1v) is 5.46. The van der Waals surface area contributed by atoms with E-state index in [1.807, 2.05) is 0 Å². The van der Waals surface area contributed by atoms with Gasteiger partial charge in [-0.2, -0.15) is 0 Å². The third-order valence-electron chi connectivity index (χ3n) is 2.46. The predicted octanol–water partition coefficient (Wildman–Crippen LogP) is 0.189. The van der Waals surface area contributed by atoms with Crippen LogP contribution in [0.4, 0.5) is 5.69 Å². The van der Waals surface area contributed by atoms with Gasteiger partial charge in [-0.3, -0.25) is 4.79 Å². The van der Waals surface area contributed by atoms with Gasteiger partial charge in [0.25, 0.3) is 0 Å². The molecule has 0 fully saturated rings. The van der Waals surface area contributed by atoms with Crippen LogP contribution < -0.4 is 11.1 Å². The zero-order valence-electron chi connectivity index (χ0n) is 9.76. The van der Waals surface area contributed by atoms with Crippen LogP contribution in [0.15, 0.2) is 24.3 Å². The Hall–Kier alpha value is -1.59. The molecule has 5 N–H and O–H groups in total. The van der Waals surface area contributed by atoms with Crippen molar-refractivity contribution in [1.29, 1.82) is 0 Å². The Labute approximate surface area is 100 Å². The number of hydrogen-bond acceptors (Lipinski definition) is 4. The van der Waals surface area contributed by atoms with Gasteiger partial charge in [0.05, 0.1) is 6.10 Å². The van der Waals surface area contributed by atoms with Crippen molar-refractivity contribution in [1.82, 2.24) is 5.32 Å². The SMILES string of the molecule is CC(=O)NCCC(O)C(O)c1ccc(N)cc1. The van der Waals surface area contributed by atoms with E-state index in [9.17, 15) is 15.0 Å². The average molecular weight is 238 g/mol. The van der Waals surface area contributed by atoms with E-state index in [1.54, 1.807) is 24.3 Å². The van der Waals surface area contributed by atoms with E-state index in [1.165, 1.54) is 6.92 Å². The summed E-state index contributed by atoms with van der Waals surface area (Å²) in [5.41, 5.74) is 6.74. The summed E-state index contributed by atoms with van der Waals surface area (Å²) in [6.45, 7) is 1.74. The fourth-order valence-corrected chi connectivity index (χ4v) is 1.47. The normalized spacial score (nSPS) is 14.1. The van der Waals surface area contributed by atoms with Crippen LogP contribution in [-0.2, 0) is 4.79 Å². The van der Waals surface area contributed by atoms with Crippen molar-refractivity contribution in [2.24, 2.45) is 0 Å². The van der Waals surface area contributed by atoms with Gasteiger partial charge in [-0.05, 0) is 24.1 Å². The molecule has 0 bridgehead atoms. The summed E-state index contributed by atoms with van der Waals surface area (Å²) in [4.78, 5) is 10.6. The molecule has 1 rings (SSSR count). The van der Waals surface area contributed by atoms with E-state index in [-0.39, 0.29) is 5.91 Å². The van der Waals surface area contributed by atoms with Gasteiger partial charge in [0.2, 0.25) is 5.91 Å². The Morgan fingerprint density at radius 1 is 1.35 bits per heavy atom. The molecule has 0 saturated carbocycles. The summed E-state index contributed by atoms with van der Waals surface area (Å²) >= 11 is 0. The molecule has 0 heterocycles. The van der Waals surface area contributed by atoms with Crippen LogP contribution in [0.1, 0.15) is 25.0 Å². The molecule has 2 unspecified atom stereocenters. The van der Waals surface area contributed by atoms with Crippen LogP contribution in [0.25, 0.3) is 0 Å². The summed E-state index contributed by atoms with van der Waals surface area (Å²) in [5.74, 6) is -0.154. The highest BCUT2D eigenvalue weighted by molar-refractivity contribution is 5.72. The monoisotopic (exact) mass is 238 g/mol. The van der Waals surface area contributed by atoms with Gasteiger partial charge in [-0.15, -0.1) is 0 Å². The maximum atomic E-state index is 10.6. The molecule has 0 aliphatic rings. The third-order valence-corrected chi connectivity index (χ3v) is 2.46. The van der Waals surface area contributed by atoms with Crippen LogP contribution in [-0.4, -0.2) is 28.8 Å².